The predicted molar refractivity (Wildman–Crippen MR) is 77.6 cm³/mol. The van der Waals surface area contributed by atoms with Crippen molar-refractivity contribution in [1.82, 2.24) is 14.1 Å². The molecule has 0 spiro atoms. The van der Waals surface area contributed by atoms with Gasteiger partial charge in [0.05, 0.1) is 12.7 Å². The Morgan fingerprint density at radius 1 is 1.45 bits per heavy atom. The molecule has 114 valence electrons. The van der Waals surface area contributed by atoms with Crippen molar-refractivity contribution in [3.63, 3.8) is 0 Å². The maximum Gasteiger partial charge on any atom is 0.246 e. The summed E-state index contributed by atoms with van der Waals surface area (Å²) in [5.41, 5.74) is 5.58. The molecule has 1 saturated heterocycles. The highest BCUT2D eigenvalue weighted by Crippen LogP contribution is 2.35. The van der Waals surface area contributed by atoms with E-state index in [0.717, 1.165) is 6.42 Å². The van der Waals surface area contributed by atoms with Crippen LogP contribution in [0.2, 0.25) is 0 Å². The highest BCUT2D eigenvalue weighted by molar-refractivity contribution is 7.89. The molecule has 0 radical (unpaired) electrons. The average Bonchev–Trinajstić information content (AvgIpc) is 2.97. The first kappa shape index (κ1) is 15.5. The van der Waals surface area contributed by atoms with E-state index in [2.05, 4.69) is 25.9 Å². The normalized spacial score (nSPS) is 21.5. The van der Waals surface area contributed by atoms with Gasteiger partial charge in [-0.15, -0.1) is 0 Å². The molecule has 1 aromatic rings. The largest absolute Gasteiger partial charge is 0.329 e. The molecule has 2 N–H and O–H groups in total. The lowest BCUT2D eigenvalue weighted by molar-refractivity contribution is 0.252. The van der Waals surface area contributed by atoms with Gasteiger partial charge < -0.3 is 5.73 Å². The molecule has 0 bridgehead atoms. The third kappa shape index (κ3) is 3.05. The van der Waals surface area contributed by atoms with E-state index in [1.165, 1.54) is 6.20 Å². The minimum atomic E-state index is -3.42. The molecule has 1 fully saturated rings. The van der Waals surface area contributed by atoms with E-state index < -0.39 is 10.0 Å². The quantitative estimate of drug-likeness (QED) is 0.895. The Morgan fingerprint density at radius 3 is 2.70 bits per heavy atom. The summed E-state index contributed by atoms with van der Waals surface area (Å²) in [7, 11) is -3.42. The van der Waals surface area contributed by atoms with Crippen molar-refractivity contribution in [2.75, 3.05) is 19.6 Å². The number of nitrogens with two attached hydrogens (primary N) is 1. The van der Waals surface area contributed by atoms with Gasteiger partial charge in [-0.3, -0.25) is 4.68 Å². The molecular weight excluding hydrogens is 276 g/mol. The Hall–Kier alpha value is -0.920. The molecule has 2 heterocycles. The third-order valence-electron chi connectivity index (χ3n) is 3.98. The van der Waals surface area contributed by atoms with Gasteiger partial charge >= 0.3 is 0 Å². The lowest BCUT2D eigenvalue weighted by Crippen LogP contribution is -2.31. The zero-order chi connectivity index (χ0) is 15.0. The van der Waals surface area contributed by atoms with Crippen LogP contribution in [0.15, 0.2) is 17.3 Å². The van der Waals surface area contributed by atoms with Crippen LogP contribution in [0.25, 0.3) is 0 Å². The van der Waals surface area contributed by atoms with E-state index in [4.69, 9.17) is 5.73 Å². The van der Waals surface area contributed by atoms with Gasteiger partial charge in [-0.1, -0.05) is 20.8 Å². The lowest BCUT2D eigenvalue weighted by Gasteiger charge is -2.26. The van der Waals surface area contributed by atoms with E-state index >= 15 is 0 Å². The molecule has 0 aromatic carbocycles. The van der Waals surface area contributed by atoms with Gasteiger partial charge in [0.25, 0.3) is 0 Å². The second-order valence-corrected chi connectivity index (χ2v) is 8.38. The van der Waals surface area contributed by atoms with Crippen molar-refractivity contribution in [2.24, 2.45) is 17.1 Å². The van der Waals surface area contributed by atoms with Gasteiger partial charge in [0.15, 0.2) is 0 Å². The number of sulfonamides is 1. The highest BCUT2D eigenvalue weighted by atomic mass is 32.2. The van der Waals surface area contributed by atoms with Crippen LogP contribution in [0.1, 0.15) is 27.2 Å². The van der Waals surface area contributed by atoms with Crippen molar-refractivity contribution in [3.8, 4) is 0 Å². The van der Waals surface area contributed by atoms with Crippen molar-refractivity contribution < 1.29 is 8.42 Å². The third-order valence-corrected chi connectivity index (χ3v) is 5.80. The zero-order valence-corrected chi connectivity index (χ0v) is 13.2. The lowest BCUT2D eigenvalue weighted by atomic mass is 9.80. The zero-order valence-electron chi connectivity index (χ0n) is 12.4. The Balaban J connectivity index is 2.15. The number of nitrogens with zero attached hydrogens (tertiary/aromatic N) is 3. The van der Waals surface area contributed by atoms with Gasteiger partial charge in [-0.2, -0.15) is 9.40 Å². The minimum absolute atomic E-state index is 0.133. The summed E-state index contributed by atoms with van der Waals surface area (Å²) in [4.78, 5) is 0.264. The van der Waals surface area contributed by atoms with Gasteiger partial charge in [-0.05, 0) is 17.8 Å². The summed E-state index contributed by atoms with van der Waals surface area (Å²) in [6.07, 6.45) is 3.89. The van der Waals surface area contributed by atoms with Crippen molar-refractivity contribution in [1.29, 1.82) is 0 Å². The molecule has 1 unspecified atom stereocenters. The van der Waals surface area contributed by atoms with Crippen LogP contribution in [-0.4, -0.2) is 42.1 Å². The number of aromatic nitrogens is 2. The first-order chi connectivity index (χ1) is 9.25. The molecule has 6 nitrogen and oxygen atoms in total. The molecule has 0 aliphatic carbocycles. The second-order valence-electron chi connectivity index (χ2n) is 6.44. The van der Waals surface area contributed by atoms with Crippen LogP contribution in [-0.2, 0) is 16.6 Å². The fourth-order valence-corrected chi connectivity index (χ4v) is 3.99. The Labute approximate surface area is 121 Å². The smallest absolute Gasteiger partial charge is 0.246 e. The molecule has 1 atom stereocenters. The van der Waals surface area contributed by atoms with Crippen LogP contribution in [0.5, 0.6) is 0 Å². The minimum Gasteiger partial charge on any atom is -0.329 e. The average molecular weight is 300 g/mol. The number of rotatable bonds is 4. The topological polar surface area (TPSA) is 81.2 Å². The SMILES string of the molecule is CC(C)(C)C1CCN(S(=O)(=O)c2cnn(CCN)c2)C1. The maximum atomic E-state index is 12.6. The van der Waals surface area contributed by atoms with Gasteiger partial charge in [-0.25, -0.2) is 8.42 Å². The molecule has 1 aliphatic rings. The summed E-state index contributed by atoms with van der Waals surface area (Å²) in [6, 6.07) is 0. The standard InChI is InChI=1S/C13H24N4O2S/c1-13(2,3)11-4-6-17(9-11)20(18,19)12-8-15-16(10-12)7-5-14/h8,10-11H,4-7,9,14H2,1-3H3. The van der Waals surface area contributed by atoms with Gasteiger partial charge in [0.1, 0.15) is 4.90 Å². The Morgan fingerprint density at radius 2 is 2.15 bits per heavy atom. The van der Waals surface area contributed by atoms with Crippen molar-refractivity contribution in [2.45, 2.75) is 38.6 Å². The van der Waals surface area contributed by atoms with Crippen molar-refractivity contribution in [3.05, 3.63) is 12.4 Å². The summed E-state index contributed by atoms with van der Waals surface area (Å²) in [5, 5.41) is 4.04. The predicted octanol–water partition coefficient (Wildman–Crippen LogP) is 0.899. The summed E-state index contributed by atoms with van der Waals surface area (Å²) >= 11 is 0. The van der Waals surface area contributed by atoms with Gasteiger partial charge in [0.2, 0.25) is 10.0 Å². The molecule has 20 heavy (non-hydrogen) atoms. The fourth-order valence-electron chi connectivity index (χ4n) is 2.53. The fraction of sp³-hybridized carbons (Fsp3) is 0.769. The van der Waals surface area contributed by atoms with Crippen LogP contribution in [0.3, 0.4) is 0 Å². The molecular formula is C13H24N4O2S. The van der Waals surface area contributed by atoms with E-state index in [-0.39, 0.29) is 10.3 Å². The Bertz CT molecular complexity index is 559. The van der Waals surface area contributed by atoms with Crippen LogP contribution in [0.4, 0.5) is 0 Å². The summed E-state index contributed by atoms with van der Waals surface area (Å²) in [6.45, 7) is 8.63. The molecule has 1 aromatic heterocycles. The molecule has 0 amide bonds. The molecule has 7 heteroatoms. The number of hydrogen-bond acceptors (Lipinski definition) is 4. The van der Waals surface area contributed by atoms with E-state index in [1.807, 2.05) is 0 Å². The van der Waals surface area contributed by atoms with Crippen LogP contribution in [0, 0.1) is 11.3 Å². The first-order valence-corrected chi connectivity index (χ1v) is 8.42. The number of hydrogen-bond donors (Lipinski definition) is 1. The van der Waals surface area contributed by atoms with E-state index in [0.29, 0.717) is 32.1 Å². The summed E-state index contributed by atoms with van der Waals surface area (Å²) in [5.74, 6) is 0.399. The van der Waals surface area contributed by atoms with E-state index in [1.54, 1.807) is 15.2 Å². The Kier molecular flexibility index (Phi) is 4.22. The monoisotopic (exact) mass is 300 g/mol. The molecule has 1 aliphatic heterocycles. The van der Waals surface area contributed by atoms with Crippen molar-refractivity contribution >= 4 is 10.0 Å². The first-order valence-electron chi connectivity index (χ1n) is 6.98. The maximum absolute atomic E-state index is 12.6. The van der Waals surface area contributed by atoms with E-state index in [9.17, 15) is 8.42 Å². The second kappa shape index (κ2) is 5.46. The highest BCUT2D eigenvalue weighted by Gasteiger charge is 2.38. The van der Waals surface area contributed by atoms with Crippen LogP contribution >= 0.6 is 0 Å². The summed E-state index contributed by atoms with van der Waals surface area (Å²) < 4.78 is 28.3. The molecule has 2 rings (SSSR count). The molecule has 0 saturated carbocycles. The van der Waals surface area contributed by atoms with Crippen LogP contribution < -0.4 is 5.73 Å². The van der Waals surface area contributed by atoms with Gasteiger partial charge in [0, 0.05) is 25.8 Å².